The Balaban J connectivity index is 1.45. The molecule has 1 aromatic carbocycles. The second-order valence-corrected chi connectivity index (χ2v) is 5.83. The Bertz CT molecular complexity index is 552. The minimum atomic E-state index is -0.215. The molecule has 0 aromatic heterocycles. The van der Waals surface area contributed by atoms with E-state index < -0.39 is 0 Å². The highest BCUT2D eigenvalue weighted by atomic mass is 32.2. The van der Waals surface area contributed by atoms with E-state index in [1.807, 2.05) is 24.3 Å². The van der Waals surface area contributed by atoms with Crippen LogP contribution in [-0.4, -0.2) is 54.1 Å². The van der Waals surface area contributed by atoms with E-state index in [0.717, 1.165) is 5.75 Å². The van der Waals surface area contributed by atoms with Crippen molar-refractivity contribution in [2.45, 2.75) is 6.10 Å². The van der Waals surface area contributed by atoms with Crippen molar-refractivity contribution in [3.8, 4) is 11.5 Å². The SMILES string of the molecule is O=C(CN1CSCC1=O)NC[C@@H]1COc2ccccc2O1. The maximum absolute atomic E-state index is 11.8. The van der Waals surface area contributed by atoms with Gasteiger partial charge in [0.2, 0.25) is 11.8 Å². The van der Waals surface area contributed by atoms with Gasteiger partial charge in [-0.15, -0.1) is 11.8 Å². The fourth-order valence-electron chi connectivity index (χ4n) is 2.16. The summed E-state index contributed by atoms with van der Waals surface area (Å²) < 4.78 is 11.3. The van der Waals surface area contributed by atoms with Crippen LogP contribution < -0.4 is 14.8 Å². The van der Waals surface area contributed by atoms with Crippen molar-refractivity contribution < 1.29 is 19.1 Å². The molecule has 7 heteroatoms. The first-order valence-corrected chi connectivity index (χ1v) is 7.88. The summed E-state index contributed by atoms with van der Waals surface area (Å²) >= 11 is 1.52. The zero-order valence-electron chi connectivity index (χ0n) is 11.4. The van der Waals surface area contributed by atoms with Gasteiger partial charge >= 0.3 is 0 Å². The van der Waals surface area contributed by atoms with Gasteiger partial charge in [-0.3, -0.25) is 9.59 Å². The molecule has 1 atom stereocenters. The summed E-state index contributed by atoms with van der Waals surface area (Å²) in [7, 11) is 0. The lowest BCUT2D eigenvalue weighted by atomic mass is 10.2. The van der Waals surface area contributed by atoms with Crippen LogP contribution in [-0.2, 0) is 9.59 Å². The van der Waals surface area contributed by atoms with Crippen molar-refractivity contribution >= 4 is 23.6 Å². The van der Waals surface area contributed by atoms with Gasteiger partial charge in [0, 0.05) is 0 Å². The Hall–Kier alpha value is -1.89. The first-order chi connectivity index (χ1) is 10.2. The quantitative estimate of drug-likeness (QED) is 0.876. The number of nitrogens with zero attached hydrogens (tertiary/aromatic N) is 1. The number of nitrogens with one attached hydrogen (secondary N) is 1. The van der Waals surface area contributed by atoms with Gasteiger partial charge in [0.25, 0.3) is 0 Å². The number of rotatable bonds is 4. The summed E-state index contributed by atoms with van der Waals surface area (Å²) in [5, 5.41) is 2.78. The average Bonchev–Trinajstić information content (AvgIpc) is 2.90. The Kier molecular flexibility index (Phi) is 4.19. The van der Waals surface area contributed by atoms with E-state index in [2.05, 4.69) is 5.32 Å². The van der Waals surface area contributed by atoms with Crippen LogP contribution in [0, 0.1) is 0 Å². The molecule has 1 fully saturated rings. The zero-order chi connectivity index (χ0) is 14.7. The fourth-order valence-corrected chi connectivity index (χ4v) is 3.06. The van der Waals surface area contributed by atoms with Gasteiger partial charge in [-0.25, -0.2) is 0 Å². The number of carbonyl (C=O) groups is 2. The van der Waals surface area contributed by atoms with Crippen LogP contribution in [0.3, 0.4) is 0 Å². The van der Waals surface area contributed by atoms with Crippen LogP contribution in [0.5, 0.6) is 11.5 Å². The number of fused-ring (bicyclic) bond motifs is 1. The van der Waals surface area contributed by atoms with Gasteiger partial charge in [-0.05, 0) is 12.1 Å². The molecule has 2 aliphatic heterocycles. The summed E-state index contributed by atoms with van der Waals surface area (Å²) in [5.41, 5.74) is 0. The molecule has 2 aliphatic rings. The monoisotopic (exact) mass is 308 g/mol. The van der Waals surface area contributed by atoms with E-state index in [1.54, 1.807) is 4.90 Å². The Morgan fingerprint density at radius 2 is 2.19 bits per heavy atom. The first-order valence-electron chi connectivity index (χ1n) is 6.73. The van der Waals surface area contributed by atoms with E-state index in [1.165, 1.54) is 11.8 Å². The van der Waals surface area contributed by atoms with E-state index in [0.29, 0.717) is 30.5 Å². The second-order valence-electron chi connectivity index (χ2n) is 4.87. The number of hydrogen-bond acceptors (Lipinski definition) is 5. The molecule has 6 nitrogen and oxygen atoms in total. The van der Waals surface area contributed by atoms with Crippen molar-refractivity contribution in [3.63, 3.8) is 0 Å². The van der Waals surface area contributed by atoms with Crippen molar-refractivity contribution in [2.75, 3.05) is 31.3 Å². The van der Waals surface area contributed by atoms with Crippen molar-refractivity contribution in [1.82, 2.24) is 10.2 Å². The number of hydrogen-bond donors (Lipinski definition) is 1. The molecule has 0 saturated carbocycles. The zero-order valence-corrected chi connectivity index (χ0v) is 12.2. The molecular weight excluding hydrogens is 292 g/mol. The van der Waals surface area contributed by atoms with E-state index >= 15 is 0 Å². The second kappa shape index (κ2) is 6.26. The predicted molar refractivity (Wildman–Crippen MR) is 78.4 cm³/mol. The molecule has 0 spiro atoms. The van der Waals surface area contributed by atoms with E-state index in [-0.39, 0.29) is 24.5 Å². The molecule has 112 valence electrons. The molecule has 0 aliphatic carbocycles. The molecule has 1 N–H and O–H groups in total. The summed E-state index contributed by atoms with van der Waals surface area (Å²) in [5.74, 6) is 2.30. The third kappa shape index (κ3) is 3.41. The Labute approximate surface area is 126 Å². The lowest BCUT2D eigenvalue weighted by Crippen LogP contribution is -2.44. The van der Waals surface area contributed by atoms with Gasteiger partial charge in [-0.2, -0.15) is 0 Å². The number of benzene rings is 1. The highest BCUT2D eigenvalue weighted by Crippen LogP contribution is 2.30. The van der Waals surface area contributed by atoms with Gasteiger partial charge in [0.05, 0.1) is 18.2 Å². The molecule has 3 rings (SSSR count). The summed E-state index contributed by atoms with van der Waals surface area (Å²) in [6.45, 7) is 0.869. The molecule has 2 heterocycles. The Morgan fingerprint density at radius 1 is 1.38 bits per heavy atom. The van der Waals surface area contributed by atoms with Crippen LogP contribution in [0.25, 0.3) is 0 Å². The molecule has 0 bridgehead atoms. The summed E-state index contributed by atoms with van der Waals surface area (Å²) in [6.07, 6.45) is -0.215. The molecular formula is C14H16N2O4S. The molecule has 0 unspecified atom stereocenters. The van der Waals surface area contributed by atoms with Crippen molar-refractivity contribution in [1.29, 1.82) is 0 Å². The molecule has 2 amide bonds. The largest absolute Gasteiger partial charge is 0.486 e. The maximum atomic E-state index is 11.8. The highest BCUT2D eigenvalue weighted by molar-refractivity contribution is 8.00. The van der Waals surface area contributed by atoms with Gasteiger partial charge < -0.3 is 19.7 Å². The van der Waals surface area contributed by atoms with Crippen molar-refractivity contribution in [3.05, 3.63) is 24.3 Å². The fraction of sp³-hybridized carbons (Fsp3) is 0.429. The standard InChI is InChI=1S/C14H16N2O4S/c17-13(6-16-9-21-8-14(16)18)15-5-10-7-19-11-3-1-2-4-12(11)20-10/h1-4,10H,5-9H2,(H,15,17)/t10-/m1/s1. The minimum Gasteiger partial charge on any atom is -0.486 e. The summed E-state index contributed by atoms with van der Waals surface area (Å²) in [4.78, 5) is 24.8. The summed E-state index contributed by atoms with van der Waals surface area (Å²) in [6, 6.07) is 7.44. The lowest BCUT2D eigenvalue weighted by Gasteiger charge is -2.26. The van der Waals surface area contributed by atoms with E-state index in [4.69, 9.17) is 9.47 Å². The van der Waals surface area contributed by atoms with Gasteiger partial charge in [0.15, 0.2) is 11.5 Å². The predicted octanol–water partition coefficient (Wildman–Crippen LogP) is 0.476. The van der Waals surface area contributed by atoms with Crippen LogP contribution in [0.1, 0.15) is 0 Å². The lowest BCUT2D eigenvalue weighted by molar-refractivity contribution is -0.132. The molecule has 21 heavy (non-hydrogen) atoms. The third-order valence-corrected chi connectivity index (χ3v) is 4.20. The maximum Gasteiger partial charge on any atom is 0.239 e. The van der Waals surface area contributed by atoms with Crippen LogP contribution in [0.2, 0.25) is 0 Å². The normalized spacial score (nSPS) is 20.5. The smallest absolute Gasteiger partial charge is 0.239 e. The Morgan fingerprint density at radius 3 is 2.95 bits per heavy atom. The van der Waals surface area contributed by atoms with Gasteiger partial charge in [0.1, 0.15) is 19.3 Å². The average molecular weight is 308 g/mol. The highest BCUT2D eigenvalue weighted by Gasteiger charge is 2.24. The number of carbonyl (C=O) groups excluding carboxylic acids is 2. The minimum absolute atomic E-state index is 0.0151. The van der Waals surface area contributed by atoms with Gasteiger partial charge in [-0.1, -0.05) is 12.1 Å². The van der Waals surface area contributed by atoms with Crippen LogP contribution in [0.15, 0.2) is 24.3 Å². The molecule has 1 aromatic rings. The number of para-hydroxylation sites is 2. The van der Waals surface area contributed by atoms with Crippen LogP contribution in [0.4, 0.5) is 0 Å². The number of amides is 2. The van der Waals surface area contributed by atoms with E-state index in [9.17, 15) is 9.59 Å². The first kappa shape index (κ1) is 14.1. The number of thioether (sulfide) groups is 1. The number of ether oxygens (including phenoxy) is 2. The molecule has 0 radical (unpaired) electrons. The van der Waals surface area contributed by atoms with Crippen molar-refractivity contribution in [2.24, 2.45) is 0 Å². The van der Waals surface area contributed by atoms with Crippen LogP contribution >= 0.6 is 11.8 Å². The molecule has 1 saturated heterocycles. The topological polar surface area (TPSA) is 67.9 Å². The third-order valence-electron chi connectivity index (χ3n) is 3.25.